The van der Waals surface area contributed by atoms with Gasteiger partial charge >= 0.3 is 6.09 Å². The molecular formula is C22H27N3O3S. The zero-order valence-corrected chi connectivity index (χ0v) is 17.4. The Balaban J connectivity index is 1.25. The molecule has 2 aromatic rings. The molecule has 7 heteroatoms. The number of hydrogen-bond acceptors (Lipinski definition) is 6. The summed E-state index contributed by atoms with van der Waals surface area (Å²) in [5, 5.41) is 0. The SMILES string of the molecule is O=C(OCCOCCCN1CCCCC1)N1c2ccccc2Sc2cccnc21. The van der Waals surface area contributed by atoms with E-state index in [1.54, 1.807) is 22.9 Å². The van der Waals surface area contributed by atoms with Gasteiger partial charge in [-0.3, -0.25) is 0 Å². The van der Waals surface area contributed by atoms with Gasteiger partial charge in [-0.2, -0.15) is 0 Å². The number of para-hydroxylation sites is 1. The highest BCUT2D eigenvalue weighted by atomic mass is 32.2. The average Bonchev–Trinajstić information content (AvgIpc) is 2.77. The lowest BCUT2D eigenvalue weighted by atomic mass is 10.1. The highest BCUT2D eigenvalue weighted by molar-refractivity contribution is 7.99. The molecule has 3 heterocycles. The first-order valence-electron chi connectivity index (χ1n) is 10.3. The average molecular weight is 414 g/mol. The summed E-state index contributed by atoms with van der Waals surface area (Å²) in [6.07, 6.45) is 6.27. The molecule has 0 aliphatic carbocycles. The molecule has 0 radical (unpaired) electrons. The monoisotopic (exact) mass is 413 g/mol. The summed E-state index contributed by atoms with van der Waals surface area (Å²) in [7, 11) is 0. The van der Waals surface area contributed by atoms with Crippen molar-refractivity contribution in [1.82, 2.24) is 9.88 Å². The molecule has 0 saturated carbocycles. The van der Waals surface area contributed by atoms with E-state index in [0.29, 0.717) is 19.0 Å². The third kappa shape index (κ3) is 5.10. The van der Waals surface area contributed by atoms with Crippen LogP contribution in [-0.2, 0) is 9.47 Å². The van der Waals surface area contributed by atoms with E-state index >= 15 is 0 Å². The number of ether oxygens (including phenoxy) is 2. The Morgan fingerprint density at radius 1 is 1.00 bits per heavy atom. The van der Waals surface area contributed by atoms with Crippen molar-refractivity contribution in [3.63, 3.8) is 0 Å². The molecule has 2 aliphatic heterocycles. The van der Waals surface area contributed by atoms with Gasteiger partial charge in [-0.15, -0.1) is 0 Å². The molecular weight excluding hydrogens is 386 g/mol. The molecule has 1 amide bonds. The lowest BCUT2D eigenvalue weighted by Crippen LogP contribution is -2.31. The van der Waals surface area contributed by atoms with Gasteiger partial charge in [0.25, 0.3) is 0 Å². The van der Waals surface area contributed by atoms with E-state index in [2.05, 4.69) is 9.88 Å². The van der Waals surface area contributed by atoms with Crippen LogP contribution in [0.15, 0.2) is 52.4 Å². The summed E-state index contributed by atoms with van der Waals surface area (Å²) in [4.78, 5) is 23.2. The predicted molar refractivity (Wildman–Crippen MR) is 114 cm³/mol. The number of likely N-dealkylation sites (tertiary alicyclic amines) is 1. The molecule has 0 atom stereocenters. The van der Waals surface area contributed by atoms with E-state index in [-0.39, 0.29) is 6.61 Å². The van der Waals surface area contributed by atoms with Crippen molar-refractivity contribution >= 4 is 29.4 Å². The van der Waals surface area contributed by atoms with Gasteiger partial charge in [0.05, 0.1) is 17.2 Å². The number of benzene rings is 1. The molecule has 1 aromatic heterocycles. The lowest BCUT2D eigenvalue weighted by Gasteiger charge is -2.28. The molecule has 0 unspecified atom stereocenters. The molecule has 1 saturated heterocycles. The van der Waals surface area contributed by atoms with Crippen molar-refractivity contribution in [2.24, 2.45) is 0 Å². The number of aromatic nitrogens is 1. The number of carbonyl (C=O) groups excluding carboxylic acids is 1. The molecule has 154 valence electrons. The van der Waals surface area contributed by atoms with Crippen molar-refractivity contribution in [2.45, 2.75) is 35.5 Å². The summed E-state index contributed by atoms with van der Waals surface area (Å²) in [6, 6.07) is 11.6. The molecule has 1 fully saturated rings. The minimum absolute atomic E-state index is 0.233. The number of anilines is 2. The van der Waals surface area contributed by atoms with Crippen molar-refractivity contribution in [3.8, 4) is 0 Å². The Morgan fingerprint density at radius 2 is 1.83 bits per heavy atom. The standard InChI is InChI=1S/C22H27N3O3S/c26-22(28-17-16-27-15-7-14-24-12-4-1-5-13-24)25-18-8-2-3-9-19(18)29-20-10-6-11-23-21(20)25/h2-3,6,8-11H,1,4-5,7,12-17H2. The van der Waals surface area contributed by atoms with E-state index in [1.807, 2.05) is 36.4 Å². The number of carbonyl (C=O) groups is 1. The van der Waals surface area contributed by atoms with Crippen molar-refractivity contribution in [1.29, 1.82) is 0 Å². The van der Waals surface area contributed by atoms with E-state index in [4.69, 9.17) is 9.47 Å². The van der Waals surface area contributed by atoms with Crippen LogP contribution in [0.1, 0.15) is 25.7 Å². The second kappa shape index (κ2) is 10.1. The van der Waals surface area contributed by atoms with E-state index in [9.17, 15) is 4.79 Å². The fourth-order valence-electron chi connectivity index (χ4n) is 3.70. The van der Waals surface area contributed by atoms with Gasteiger partial charge < -0.3 is 14.4 Å². The Bertz CT molecular complexity index is 781. The van der Waals surface area contributed by atoms with Crippen LogP contribution >= 0.6 is 11.8 Å². The van der Waals surface area contributed by atoms with Crippen molar-refractivity contribution in [3.05, 3.63) is 42.6 Å². The van der Waals surface area contributed by atoms with Gasteiger partial charge in [-0.05, 0) is 56.6 Å². The van der Waals surface area contributed by atoms with Gasteiger partial charge in [-0.1, -0.05) is 30.3 Å². The first kappa shape index (κ1) is 20.2. The predicted octanol–water partition coefficient (Wildman–Crippen LogP) is 4.71. The third-order valence-electron chi connectivity index (χ3n) is 5.14. The minimum atomic E-state index is -0.422. The minimum Gasteiger partial charge on any atom is -0.446 e. The largest absolute Gasteiger partial charge is 0.446 e. The van der Waals surface area contributed by atoms with Crippen LogP contribution in [0.2, 0.25) is 0 Å². The van der Waals surface area contributed by atoms with E-state index < -0.39 is 6.09 Å². The number of rotatable bonds is 7. The fraction of sp³-hybridized carbons (Fsp3) is 0.455. The molecule has 29 heavy (non-hydrogen) atoms. The third-order valence-corrected chi connectivity index (χ3v) is 6.24. The molecule has 2 aliphatic rings. The molecule has 4 rings (SSSR count). The number of amides is 1. The smallest absolute Gasteiger partial charge is 0.420 e. The zero-order chi connectivity index (χ0) is 19.9. The number of piperidine rings is 1. The summed E-state index contributed by atoms with van der Waals surface area (Å²) >= 11 is 1.61. The summed E-state index contributed by atoms with van der Waals surface area (Å²) in [6.45, 7) is 4.85. The fourth-order valence-corrected chi connectivity index (χ4v) is 4.73. The Kier molecular flexibility index (Phi) is 7.03. The normalized spacial score (nSPS) is 16.2. The topological polar surface area (TPSA) is 54.9 Å². The number of fused-ring (bicyclic) bond motifs is 2. The summed E-state index contributed by atoms with van der Waals surface area (Å²) in [5.41, 5.74) is 0.802. The quantitative estimate of drug-likeness (QED) is 0.613. The van der Waals surface area contributed by atoms with Crippen molar-refractivity contribution < 1.29 is 14.3 Å². The van der Waals surface area contributed by atoms with Crippen molar-refractivity contribution in [2.75, 3.05) is 44.4 Å². The Morgan fingerprint density at radius 3 is 2.72 bits per heavy atom. The number of pyridine rings is 1. The van der Waals surface area contributed by atoms with Gasteiger partial charge in [0.2, 0.25) is 0 Å². The van der Waals surface area contributed by atoms with Crippen LogP contribution in [0.4, 0.5) is 16.3 Å². The molecule has 0 spiro atoms. The van der Waals surface area contributed by atoms with Gasteiger partial charge in [-0.25, -0.2) is 14.7 Å². The molecule has 6 nitrogen and oxygen atoms in total. The van der Waals surface area contributed by atoms with Crippen LogP contribution < -0.4 is 4.90 Å². The van der Waals surface area contributed by atoms with Crippen LogP contribution in [0.3, 0.4) is 0 Å². The highest BCUT2D eigenvalue weighted by Gasteiger charge is 2.30. The number of hydrogen-bond donors (Lipinski definition) is 0. The van der Waals surface area contributed by atoms with Crippen LogP contribution in [0, 0.1) is 0 Å². The van der Waals surface area contributed by atoms with Crippen LogP contribution in [0.25, 0.3) is 0 Å². The summed E-state index contributed by atoms with van der Waals surface area (Å²) in [5.74, 6) is 0.614. The Hall–Kier alpha value is -2.09. The molecule has 0 bridgehead atoms. The van der Waals surface area contributed by atoms with E-state index in [1.165, 1.54) is 32.4 Å². The lowest BCUT2D eigenvalue weighted by molar-refractivity contribution is 0.0700. The second-order valence-corrected chi connectivity index (χ2v) is 8.30. The molecule has 0 N–H and O–H groups in total. The molecule has 1 aromatic carbocycles. The van der Waals surface area contributed by atoms with Gasteiger partial charge in [0, 0.05) is 24.2 Å². The zero-order valence-electron chi connectivity index (χ0n) is 16.6. The summed E-state index contributed by atoms with van der Waals surface area (Å²) < 4.78 is 11.2. The number of nitrogens with zero attached hydrogens (tertiary/aromatic N) is 3. The first-order chi connectivity index (χ1) is 14.3. The maximum atomic E-state index is 12.8. The van der Waals surface area contributed by atoms with E-state index in [0.717, 1.165) is 28.4 Å². The Labute approximate surface area is 176 Å². The maximum absolute atomic E-state index is 12.8. The maximum Gasteiger partial charge on any atom is 0.420 e. The van der Waals surface area contributed by atoms with Gasteiger partial charge in [0.15, 0.2) is 5.82 Å². The highest BCUT2D eigenvalue weighted by Crippen LogP contribution is 2.46. The van der Waals surface area contributed by atoms with Crippen LogP contribution in [-0.4, -0.2) is 55.4 Å². The van der Waals surface area contributed by atoms with Crippen LogP contribution in [0.5, 0.6) is 0 Å². The first-order valence-corrected chi connectivity index (χ1v) is 11.1. The van der Waals surface area contributed by atoms with Gasteiger partial charge in [0.1, 0.15) is 6.61 Å². The second-order valence-electron chi connectivity index (χ2n) is 7.21.